The molecule has 3 aromatic carbocycles. The van der Waals surface area contributed by atoms with Crippen LogP contribution in [0.25, 0.3) is 0 Å². The van der Waals surface area contributed by atoms with Crippen LogP contribution in [0.2, 0.25) is 0 Å². The number of ether oxygens (including phenoxy) is 1. The Labute approximate surface area is 259 Å². The number of halogens is 2. The maximum atomic E-state index is 14.0. The normalized spacial score (nSPS) is 12.4. The summed E-state index contributed by atoms with van der Waals surface area (Å²) in [6.45, 7) is 9.11. The van der Waals surface area contributed by atoms with Gasteiger partial charge in [-0.05, 0) is 101 Å². The molecule has 0 fully saturated rings. The number of carbonyl (C=O) groups is 2. The van der Waals surface area contributed by atoms with E-state index in [-0.39, 0.29) is 17.3 Å². The minimum Gasteiger partial charge on any atom is -0.494 e. The van der Waals surface area contributed by atoms with Gasteiger partial charge in [0.05, 0.1) is 17.2 Å². The number of carbonyl (C=O) groups excluding carboxylic acids is 2. The molecule has 1 atom stereocenters. The standard InChI is InChI=1S/C30H35Br2N3O5S/c1-6-40-26-14-12-25(13-15-26)35(41(38,39)27-16-10-23(31)11-17-27)20-28(36)34(19-22-8-7-9-24(32)18-22)21(2)29(37)33-30(3,4)5/h7-18,21H,6,19-20H2,1-5H3,(H,33,37)/t21-/m0/s1. The molecule has 0 saturated carbocycles. The molecule has 3 aromatic rings. The number of sulfonamides is 1. The highest BCUT2D eigenvalue weighted by molar-refractivity contribution is 9.10. The van der Waals surface area contributed by atoms with Gasteiger partial charge in [0.1, 0.15) is 18.3 Å². The van der Waals surface area contributed by atoms with Crippen LogP contribution in [0, 0.1) is 0 Å². The molecule has 0 unspecified atom stereocenters. The van der Waals surface area contributed by atoms with Crippen LogP contribution in [0.1, 0.15) is 40.2 Å². The first-order valence-electron chi connectivity index (χ1n) is 13.1. The predicted octanol–water partition coefficient (Wildman–Crippen LogP) is 6.14. The topological polar surface area (TPSA) is 96.0 Å². The van der Waals surface area contributed by atoms with Crippen molar-refractivity contribution in [2.45, 2.75) is 57.6 Å². The van der Waals surface area contributed by atoms with Crippen molar-refractivity contribution >= 4 is 59.4 Å². The van der Waals surface area contributed by atoms with Crippen LogP contribution in [-0.2, 0) is 26.2 Å². The molecule has 2 amide bonds. The van der Waals surface area contributed by atoms with Crippen LogP contribution in [0.15, 0.2) is 86.6 Å². The number of benzene rings is 3. The minimum absolute atomic E-state index is 0.0273. The van der Waals surface area contributed by atoms with Crippen molar-refractivity contribution < 1.29 is 22.7 Å². The lowest BCUT2D eigenvalue weighted by Crippen LogP contribution is -2.54. The summed E-state index contributed by atoms with van der Waals surface area (Å²) in [6, 6.07) is 19.3. The van der Waals surface area contributed by atoms with Crippen molar-refractivity contribution in [1.82, 2.24) is 10.2 Å². The van der Waals surface area contributed by atoms with E-state index in [0.717, 1.165) is 18.8 Å². The van der Waals surface area contributed by atoms with E-state index >= 15 is 0 Å². The van der Waals surface area contributed by atoms with Gasteiger partial charge in [0, 0.05) is 21.0 Å². The lowest BCUT2D eigenvalue weighted by atomic mass is 10.1. The van der Waals surface area contributed by atoms with Gasteiger partial charge in [0.25, 0.3) is 10.0 Å². The second-order valence-corrected chi connectivity index (χ2v) is 14.2. The number of anilines is 1. The number of amides is 2. The Bertz CT molecular complexity index is 1460. The van der Waals surface area contributed by atoms with E-state index in [2.05, 4.69) is 37.2 Å². The Morgan fingerprint density at radius 1 is 0.951 bits per heavy atom. The van der Waals surface area contributed by atoms with E-state index in [1.807, 2.05) is 52.0 Å². The van der Waals surface area contributed by atoms with Crippen LogP contribution in [-0.4, -0.2) is 49.9 Å². The summed E-state index contributed by atoms with van der Waals surface area (Å²) in [5.41, 5.74) is 0.556. The number of nitrogens with zero attached hydrogens (tertiary/aromatic N) is 2. The van der Waals surface area contributed by atoms with Gasteiger partial charge in [0.2, 0.25) is 11.8 Å². The first-order valence-corrected chi connectivity index (χ1v) is 16.1. The van der Waals surface area contributed by atoms with Gasteiger partial charge in [0.15, 0.2) is 0 Å². The number of nitrogens with one attached hydrogen (secondary N) is 1. The van der Waals surface area contributed by atoms with E-state index in [0.29, 0.717) is 18.0 Å². The maximum absolute atomic E-state index is 14.0. The quantitative estimate of drug-likeness (QED) is 0.258. The molecule has 0 aliphatic rings. The van der Waals surface area contributed by atoms with Gasteiger partial charge >= 0.3 is 0 Å². The monoisotopic (exact) mass is 707 g/mol. The molecular formula is C30H35Br2N3O5S. The van der Waals surface area contributed by atoms with E-state index in [1.54, 1.807) is 43.3 Å². The molecule has 0 heterocycles. The molecule has 0 aliphatic carbocycles. The highest BCUT2D eigenvalue weighted by atomic mass is 79.9. The minimum atomic E-state index is -4.16. The third-order valence-corrected chi connectivity index (χ3v) is 8.83. The van der Waals surface area contributed by atoms with E-state index in [4.69, 9.17) is 4.74 Å². The van der Waals surface area contributed by atoms with Crippen LogP contribution in [0.4, 0.5) is 5.69 Å². The third kappa shape index (κ3) is 9.05. The van der Waals surface area contributed by atoms with E-state index < -0.39 is 34.1 Å². The fourth-order valence-electron chi connectivity index (χ4n) is 4.03. The van der Waals surface area contributed by atoms with Gasteiger partial charge in [-0.2, -0.15) is 0 Å². The van der Waals surface area contributed by atoms with Gasteiger partial charge in [-0.25, -0.2) is 8.42 Å². The zero-order valence-electron chi connectivity index (χ0n) is 23.7. The zero-order chi connectivity index (χ0) is 30.4. The lowest BCUT2D eigenvalue weighted by molar-refractivity contribution is -0.140. The molecule has 0 radical (unpaired) electrons. The van der Waals surface area contributed by atoms with Crippen molar-refractivity contribution in [3.8, 4) is 5.75 Å². The number of rotatable bonds is 11. The molecule has 0 spiro atoms. The third-order valence-electron chi connectivity index (χ3n) is 6.02. The van der Waals surface area contributed by atoms with Crippen LogP contribution in [0.5, 0.6) is 5.75 Å². The van der Waals surface area contributed by atoms with Crippen LogP contribution >= 0.6 is 31.9 Å². The second kappa shape index (κ2) is 13.8. The summed E-state index contributed by atoms with van der Waals surface area (Å²) in [4.78, 5) is 28.7. The Morgan fingerprint density at radius 2 is 1.59 bits per heavy atom. The maximum Gasteiger partial charge on any atom is 0.264 e. The van der Waals surface area contributed by atoms with E-state index in [1.165, 1.54) is 17.0 Å². The molecule has 1 N–H and O–H groups in total. The molecule has 0 bridgehead atoms. The Morgan fingerprint density at radius 3 is 2.15 bits per heavy atom. The second-order valence-electron chi connectivity index (χ2n) is 10.5. The summed E-state index contributed by atoms with van der Waals surface area (Å²) < 4.78 is 36.0. The van der Waals surface area contributed by atoms with Crippen molar-refractivity contribution in [3.63, 3.8) is 0 Å². The summed E-state index contributed by atoms with van der Waals surface area (Å²) in [5, 5.41) is 2.92. The van der Waals surface area contributed by atoms with Gasteiger partial charge < -0.3 is 15.0 Å². The highest BCUT2D eigenvalue weighted by Gasteiger charge is 2.33. The predicted molar refractivity (Wildman–Crippen MR) is 168 cm³/mol. The average Bonchev–Trinajstić information content (AvgIpc) is 2.90. The van der Waals surface area contributed by atoms with Crippen LogP contribution < -0.4 is 14.4 Å². The Kier molecular flexibility index (Phi) is 11.0. The summed E-state index contributed by atoms with van der Waals surface area (Å²) in [7, 11) is -4.16. The summed E-state index contributed by atoms with van der Waals surface area (Å²) in [5.74, 6) is -0.298. The van der Waals surface area contributed by atoms with E-state index in [9.17, 15) is 18.0 Å². The smallest absolute Gasteiger partial charge is 0.264 e. The fourth-order valence-corrected chi connectivity index (χ4v) is 6.15. The van der Waals surface area contributed by atoms with Crippen molar-refractivity contribution in [1.29, 1.82) is 0 Å². The SMILES string of the molecule is CCOc1ccc(N(CC(=O)N(Cc2cccc(Br)c2)[C@@H](C)C(=O)NC(C)(C)C)S(=O)(=O)c2ccc(Br)cc2)cc1. The molecular weight excluding hydrogens is 674 g/mol. The molecule has 0 saturated heterocycles. The van der Waals surface area contributed by atoms with Crippen molar-refractivity contribution in [2.24, 2.45) is 0 Å². The number of hydrogen-bond acceptors (Lipinski definition) is 5. The van der Waals surface area contributed by atoms with Gasteiger partial charge in [-0.15, -0.1) is 0 Å². The van der Waals surface area contributed by atoms with Crippen LogP contribution in [0.3, 0.4) is 0 Å². The summed E-state index contributed by atoms with van der Waals surface area (Å²) >= 11 is 6.79. The lowest BCUT2D eigenvalue weighted by Gasteiger charge is -2.33. The molecule has 8 nitrogen and oxygen atoms in total. The molecule has 3 rings (SSSR count). The first kappa shape index (κ1) is 32.6. The van der Waals surface area contributed by atoms with Crippen molar-refractivity contribution in [3.05, 3.63) is 87.3 Å². The Balaban J connectivity index is 2.04. The number of hydrogen-bond donors (Lipinski definition) is 1. The Hall–Kier alpha value is -2.89. The fraction of sp³-hybridized carbons (Fsp3) is 0.333. The van der Waals surface area contributed by atoms with Gasteiger partial charge in [-0.1, -0.05) is 44.0 Å². The molecule has 0 aromatic heterocycles. The zero-order valence-corrected chi connectivity index (χ0v) is 27.7. The van der Waals surface area contributed by atoms with Gasteiger partial charge in [-0.3, -0.25) is 13.9 Å². The molecule has 0 aliphatic heterocycles. The largest absolute Gasteiger partial charge is 0.494 e. The summed E-state index contributed by atoms with van der Waals surface area (Å²) in [6.07, 6.45) is 0. The molecule has 220 valence electrons. The molecule has 41 heavy (non-hydrogen) atoms. The molecule has 11 heteroatoms. The van der Waals surface area contributed by atoms with Crippen molar-refractivity contribution in [2.75, 3.05) is 17.5 Å². The highest BCUT2D eigenvalue weighted by Crippen LogP contribution is 2.27. The average molecular weight is 710 g/mol. The first-order chi connectivity index (χ1) is 19.2.